The maximum atomic E-state index is 11.2. The third-order valence-electron chi connectivity index (χ3n) is 4.97. The molecule has 106 valence electrons. The number of aromatic nitrogens is 1. The summed E-state index contributed by atoms with van der Waals surface area (Å²) in [5.41, 5.74) is 5.70. The van der Waals surface area contributed by atoms with Crippen LogP contribution in [0.1, 0.15) is 23.2 Å². The lowest BCUT2D eigenvalue weighted by atomic mass is 9.66. The average Bonchev–Trinajstić information content (AvgIpc) is 2.42. The molecule has 1 saturated carbocycles. The van der Waals surface area contributed by atoms with E-state index in [0.717, 1.165) is 19.0 Å². The molecule has 5 nitrogen and oxygen atoms in total. The van der Waals surface area contributed by atoms with Crippen molar-refractivity contribution in [2.75, 3.05) is 19.6 Å². The minimum atomic E-state index is -0.459. The van der Waals surface area contributed by atoms with Crippen molar-refractivity contribution in [3.8, 4) is 5.75 Å². The monoisotopic (exact) mass is 273 g/mol. The third-order valence-corrected chi connectivity index (χ3v) is 4.97. The second-order valence-electron chi connectivity index (χ2n) is 6.43. The van der Waals surface area contributed by atoms with Gasteiger partial charge in [0, 0.05) is 37.7 Å². The predicted molar refractivity (Wildman–Crippen MR) is 73.3 cm³/mol. The quantitative estimate of drug-likeness (QED) is 0.888. The van der Waals surface area contributed by atoms with Gasteiger partial charge in [-0.25, -0.2) is 0 Å². The topological polar surface area (TPSA) is 68.5 Å². The fourth-order valence-corrected chi connectivity index (χ4v) is 4.33. The van der Waals surface area contributed by atoms with Gasteiger partial charge >= 0.3 is 0 Å². The number of ether oxygens (including phenoxy) is 1. The highest BCUT2D eigenvalue weighted by atomic mass is 16.5. The Kier molecular flexibility index (Phi) is 2.70. The van der Waals surface area contributed by atoms with Gasteiger partial charge in [-0.3, -0.25) is 9.78 Å². The minimum Gasteiger partial charge on any atom is -0.488 e. The summed E-state index contributed by atoms with van der Waals surface area (Å²) in [4.78, 5) is 17.8. The number of hydrogen-bond donors (Lipinski definition) is 1. The number of primary amides is 1. The molecule has 2 atom stereocenters. The first-order valence-corrected chi connectivity index (χ1v) is 7.33. The van der Waals surface area contributed by atoms with Crippen molar-refractivity contribution in [1.82, 2.24) is 9.88 Å². The third kappa shape index (κ3) is 1.97. The van der Waals surface area contributed by atoms with E-state index in [9.17, 15) is 4.79 Å². The number of rotatable bonds is 3. The normalized spacial score (nSPS) is 37.9. The number of nitrogens with two attached hydrogens (primary N) is 1. The Morgan fingerprint density at radius 1 is 1.25 bits per heavy atom. The van der Waals surface area contributed by atoms with E-state index in [4.69, 9.17) is 10.5 Å². The second-order valence-corrected chi connectivity index (χ2v) is 6.43. The number of piperidine rings is 3. The number of hydrogen-bond acceptors (Lipinski definition) is 4. The van der Waals surface area contributed by atoms with Gasteiger partial charge in [0.05, 0.1) is 11.8 Å². The minimum absolute atomic E-state index is 0.271. The SMILES string of the molecule is NC(=O)c1cncc(OC2[C@H]3CC4C[C@H]2CN(C4)C3)c1. The fraction of sp³-hybridized carbons (Fsp3) is 0.600. The highest BCUT2D eigenvalue weighted by molar-refractivity contribution is 5.92. The molecule has 0 aromatic carbocycles. The molecule has 5 rings (SSSR count). The van der Waals surface area contributed by atoms with Crippen LogP contribution >= 0.6 is 0 Å². The number of pyridine rings is 1. The molecule has 3 saturated heterocycles. The lowest BCUT2D eigenvalue weighted by Crippen LogP contribution is -2.61. The molecule has 0 unspecified atom stereocenters. The summed E-state index contributed by atoms with van der Waals surface area (Å²) in [7, 11) is 0. The Hall–Kier alpha value is -1.62. The molecule has 0 radical (unpaired) electrons. The van der Waals surface area contributed by atoms with E-state index in [1.807, 2.05) is 0 Å². The summed E-state index contributed by atoms with van der Waals surface area (Å²) in [6.45, 7) is 3.58. The summed E-state index contributed by atoms with van der Waals surface area (Å²) in [5.74, 6) is 2.33. The molecule has 4 fully saturated rings. The van der Waals surface area contributed by atoms with Crippen LogP contribution in [-0.4, -0.2) is 41.5 Å². The Morgan fingerprint density at radius 3 is 2.65 bits per heavy atom. The molecular weight excluding hydrogens is 254 g/mol. The zero-order chi connectivity index (χ0) is 13.7. The predicted octanol–water partition coefficient (Wildman–Crippen LogP) is 0.899. The van der Waals surface area contributed by atoms with Gasteiger partial charge < -0.3 is 15.4 Å². The first-order chi connectivity index (χ1) is 9.69. The van der Waals surface area contributed by atoms with Crippen LogP contribution in [0, 0.1) is 17.8 Å². The van der Waals surface area contributed by atoms with Crippen molar-refractivity contribution < 1.29 is 9.53 Å². The molecule has 5 heteroatoms. The van der Waals surface area contributed by atoms with Crippen LogP contribution in [0.3, 0.4) is 0 Å². The van der Waals surface area contributed by atoms with Crippen LogP contribution in [0.25, 0.3) is 0 Å². The Bertz CT molecular complexity index is 518. The smallest absolute Gasteiger partial charge is 0.250 e. The Balaban J connectivity index is 1.54. The second kappa shape index (κ2) is 4.45. The van der Waals surface area contributed by atoms with Gasteiger partial charge in [0.15, 0.2) is 0 Å². The highest BCUT2D eigenvalue weighted by Crippen LogP contribution is 2.44. The molecule has 1 aromatic rings. The summed E-state index contributed by atoms with van der Waals surface area (Å²) in [6, 6.07) is 1.71. The zero-order valence-electron chi connectivity index (χ0n) is 11.4. The van der Waals surface area contributed by atoms with Crippen LogP contribution in [0.2, 0.25) is 0 Å². The van der Waals surface area contributed by atoms with Crippen LogP contribution in [0.4, 0.5) is 0 Å². The lowest BCUT2D eigenvalue weighted by molar-refractivity contribution is -0.0985. The van der Waals surface area contributed by atoms with E-state index in [-0.39, 0.29) is 6.10 Å². The first-order valence-electron chi connectivity index (χ1n) is 7.33. The zero-order valence-corrected chi connectivity index (χ0v) is 11.4. The van der Waals surface area contributed by atoms with Crippen molar-refractivity contribution in [1.29, 1.82) is 0 Å². The summed E-state index contributed by atoms with van der Waals surface area (Å²) in [5, 5.41) is 0. The van der Waals surface area contributed by atoms with Gasteiger partial charge in [-0.15, -0.1) is 0 Å². The summed E-state index contributed by atoms with van der Waals surface area (Å²) in [6.07, 6.45) is 5.99. The van der Waals surface area contributed by atoms with Gasteiger partial charge in [0.25, 0.3) is 0 Å². The van der Waals surface area contributed by atoms with Gasteiger partial charge in [-0.05, 0) is 24.8 Å². The molecule has 2 N–H and O–H groups in total. The Morgan fingerprint density at radius 2 is 2.00 bits per heavy atom. The number of amides is 1. The van der Waals surface area contributed by atoms with Gasteiger partial charge in [0.1, 0.15) is 11.9 Å². The molecule has 20 heavy (non-hydrogen) atoms. The largest absolute Gasteiger partial charge is 0.488 e. The van der Waals surface area contributed by atoms with E-state index >= 15 is 0 Å². The van der Waals surface area contributed by atoms with Crippen molar-refractivity contribution in [3.05, 3.63) is 24.0 Å². The molecular formula is C15H19N3O2. The van der Waals surface area contributed by atoms with Crippen molar-refractivity contribution in [2.24, 2.45) is 23.5 Å². The summed E-state index contributed by atoms with van der Waals surface area (Å²) < 4.78 is 6.19. The van der Waals surface area contributed by atoms with Crippen molar-refractivity contribution in [2.45, 2.75) is 18.9 Å². The molecule has 1 aromatic heterocycles. The van der Waals surface area contributed by atoms with Gasteiger partial charge in [-0.1, -0.05) is 0 Å². The number of carbonyl (C=O) groups excluding carboxylic acids is 1. The van der Waals surface area contributed by atoms with Crippen LogP contribution in [-0.2, 0) is 0 Å². The van der Waals surface area contributed by atoms with Crippen molar-refractivity contribution in [3.63, 3.8) is 0 Å². The molecule has 1 amide bonds. The van der Waals surface area contributed by atoms with E-state index in [0.29, 0.717) is 23.1 Å². The maximum Gasteiger partial charge on any atom is 0.250 e. The Labute approximate surface area is 118 Å². The van der Waals surface area contributed by atoms with E-state index in [1.165, 1.54) is 25.6 Å². The number of carbonyl (C=O) groups is 1. The lowest BCUT2D eigenvalue weighted by Gasteiger charge is -2.55. The molecule has 3 aliphatic heterocycles. The van der Waals surface area contributed by atoms with Crippen LogP contribution < -0.4 is 10.5 Å². The van der Waals surface area contributed by atoms with E-state index < -0.39 is 5.91 Å². The molecule has 4 heterocycles. The van der Waals surface area contributed by atoms with Crippen molar-refractivity contribution >= 4 is 5.91 Å². The molecule has 0 spiro atoms. The molecule has 4 bridgehead atoms. The molecule has 1 aliphatic carbocycles. The van der Waals surface area contributed by atoms with E-state index in [1.54, 1.807) is 12.3 Å². The highest BCUT2D eigenvalue weighted by Gasteiger charge is 2.48. The van der Waals surface area contributed by atoms with Crippen LogP contribution in [0.15, 0.2) is 18.5 Å². The number of nitrogens with zero attached hydrogens (tertiary/aromatic N) is 2. The standard InChI is InChI=1S/C15H19N3O2/c16-15(19)10-3-13(5-17-4-10)20-14-11-1-9-2-12(14)8-18(6-9)7-11/h3-5,9,11-12,14H,1-2,6-8H2,(H2,16,19)/t9?,11-,12-,14?/m0/s1. The fourth-order valence-electron chi connectivity index (χ4n) is 4.33. The molecule has 4 aliphatic rings. The van der Waals surface area contributed by atoms with E-state index in [2.05, 4.69) is 9.88 Å². The van der Waals surface area contributed by atoms with Gasteiger partial charge in [-0.2, -0.15) is 0 Å². The first kappa shape index (κ1) is 12.1. The van der Waals surface area contributed by atoms with Gasteiger partial charge in [0.2, 0.25) is 5.91 Å². The van der Waals surface area contributed by atoms with Crippen LogP contribution in [0.5, 0.6) is 5.75 Å². The summed E-state index contributed by atoms with van der Waals surface area (Å²) >= 11 is 0. The maximum absolute atomic E-state index is 11.2. The average molecular weight is 273 g/mol.